The highest BCUT2D eigenvalue weighted by Crippen LogP contribution is 2.33. The van der Waals surface area contributed by atoms with Crippen LogP contribution in [0.2, 0.25) is 0 Å². The summed E-state index contributed by atoms with van der Waals surface area (Å²) in [5, 5.41) is 10.5. The van der Waals surface area contributed by atoms with Gasteiger partial charge in [-0.2, -0.15) is 5.10 Å². The smallest absolute Gasteiger partial charge is 0.317 e. The maximum atomic E-state index is 12.7. The second-order valence-electron chi connectivity index (χ2n) is 7.42. The number of pyridine rings is 1. The van der Waals surface area contributed by atoms with Crippen molar-refractivity contribution in [2.45, 2.75) is 25.2 Å². The van der Waals surface area contributed by atoms with E-state index >= 15 is 0 Å². The lowest BCUT2D eigenvalue weighted by molar-refractivity contribution is 0.179. The van der Waals surface area contributed by atoms with Gasteiger partial charge in [-0.05, 0) is 42.5 Å². The summed E-state index contributed by atoms with van der Waals surface area (Å²) in [7, 11) is 0. The summed E-state index contributed by atoms with van der Waals surface area (Å²) in [5.74, 6) is 0.702. The molecular formula is C22H26N6O. The van der Waals surface area contributed by atoms with Gasteiger partial charge in [0.05, 0.1) is 6.20 Å². The van der Waals surface area contributed by atoms with Crippen LogP contribution < -0.4 is 11.1 Å². The summed E-state index contributed by atoms with van der Waals surface area (Å²) in [6.45, 7) is 2.09. The van der Waals surface area contributed by atoms with Crippen LogP contribution in [0.25, 0.3) is 11.1 Å². The number of aromatic nitrogens is 3. The molecule has 0 radical (unpaired) electrons. The predicted octanol–water partition coefficient (Wildman–Crippen LogP) is 3.19. The average molecular weight is 390 g/mol. The number of carbonyl (C=O) groups excluding carboxylic acids is 1. The minimum atomic E-state index is -0.000137. The van der Waals surface area contributed by atoms with Gasteiger partial charge < -0.3 is 16.0 Å². The van der Waals surface area contributed by atoms with E-state index in [4.69, 9.17) is 5.73 Å². The second kappa shape index (κ2) is 8.77. The normalized spacial score (nSPS) is 16.6. The lowest BCUT2D eigenvalue weighted by Gasteiger charge is -2.32. The van der Waals surface area contributed by atoms with Crippen LogP contribution in [-0.4, -0.2) is 45.7 Å². The molecular weight excluding hydrogens is 364 g/mol. The minimum Gasteiger partial charge on any atom is -0.384 e. The van der Waals surface area contributed by atoms with Crippen LogP contribution in [0, 0.1) is 0 Å². The first-order valence-electron chi connectivity index (χ1n) is 10.0. The third-order valence-electron chi connectivity index (χ3n) is 5.41. The molecule has 0 bridgehead atoms. The zero-order chi connectivity index (χ0) is 20.1. The monoisotopic (exact) mass is 390 g/mol. The molecule has 0 saturated carbocycles. The van der Waals surface area contributed by atoms with Crippen LogP contribution in [0.4, 0.5) is 10.6 Å². The fourth-order valence-corrected chi connectivity index (χ4v) is 3.92. The molecule has 1 aromatic carbocycles. The van der Waals surface area contributed by atoms with Crippen molar-refractivity contribution in [1.29, 1.82) is 0 Å². The van der Waals surface area contributed by atoms with Gasteiger partial charge in [-0.3, -0.25) is 5.10 Å². The van der Waals surface area contributed by atoms with Crippen molar-refractivity contribution in [3.8, 4) is 11.1 Å². The zero-order valence-electron chi connectivity index (χ0n) is 16.3. The van der Waals surface area contributed by atoms with Gasteiger partial charge in [-0.25, -0.2) is 9.78 Å². The number of nitrogens with two attached hydrogens (primary N) is 1. The fraction of sp³-hybridized carbons (Fsp3) is 0.318. The number of hydrogen-bond donors (Lipinski definition) is 3. The van der Waals surface area contributed by atoms with Crippen LogP contribution in [-0.2, 0) is 6.42 Å². The van der Waals surface area contributed by atoms with Crippen molar-refractivity contribution < 1.29 is 4.79 Å². The number of hydrogen-bond acceptors (Lipinski definition) is 4. The highest BCUT2D eigenvalue weighted by molar-refractivity contribution is 5.74. The number of piperidine rings is 1. The Morgan fingerprint density at radius 2 is 2.14 bits per heavy atom. The van der Waals surface area contributed by atoms with Crippen molar-refractivity contribution in [1.82, 2.24) is 25.4 Å². The topological polar surface area (TPSA) is 99.9 Å². The number of H-pyrrole nitrogens is 1. The highest BCUT2D eigenvalue weighted by Gasteiger charge is 2.27. The van der Waals surface area contributed by atoms with Gasteiger partial charge in [0.25, 0.3) is 0 Å². The number of urea groups is 1. The van der Waals surface area contributed by atoms with E-state index in [9.17, 15) is 4.79 Å². The Kier molecular flexibility index (Phi) is 5.74. The van der Waals surface area contributed by atoms with E-state index in [1.165, 1.54) is 5.56 Å². The number of nitrogen functional groups attached to an aromatic ring is 1. The Hall–Kier alpha value is -3.35. The van der Waals surface area contributed by atoms with Gasteiger partial charge in [0.1, 0.15) is 5.82 Å². The Balaban J connectivity index is 1.39. The maximum absolute atomic E-state index is 12.7. The summed E-state index contributed by atoms with van der Waals surface area (Å²) in [5.41, 5.74) is 10.1. The van der Waals surface area contributed by atoms with E-state index in [2.05, 4.69) is 32.6 Å². The lowest BCUT2D eigenvalue weighted by atomic mass is 9.91. The average Bonchev–Trinajstić information content (AvgIpc) is 3.25. The van der Waals surface area contributed by atoms with Crippen LogP contribution in [0.15, 0.2) is 54.9 Å². The Morgan fingerprint density at radius 3 is 2.97 bits per heavy atom. The predicted molar refractivity (Wildman–Crippen MR) is 113 cm³/mol. The highest BCUT2D eigenvalue weighted by atomic mass is 16.2. The molecule has 0 aliphatic carbocycles. The van der Waals surface area contributed by atoms with Gasteiger partial charge in [0.2, 0.25) is 0 Å². The first-order chi connectivity index (χ1) is 14.2. The third-order valence-corrected chi connectivity index (χ3v) is 5.41. The van der Waals surface area contributed by atoms with Gasteiger partial charge in [-0.1, -0.05) is 30.3 Å². The molecule has 0 spiro atoms. The number of nitrogens with one attached hydrogen (secondary N) is 2. The molecule has 1 atom stereocenters. The summed E-state index contributed by atoms with van der Waals surface area (Å²) in [6.07, 6.45) is 6.34. The molecule has 4 N–H and O–H groups in total. The molecule has 150 valence electrons. The van der Waals surface area contributed by atoms with E-state index < -0.39 is 0 Å². The largest absolute Gasteiger partial charge is 0.384 e. The standard InChI is InChI=1S/C22H26N6O/c23-20-13-17(9-11-24-20)19-14-26-27-21(19)18-7-4-12-28(15-18)22(29)25-10-8-16-5-2-1-3-6-16/h1-3,5-6,9,11,13-14,18H,4,7-8,10,12,15H2,(H2,23,24)(H,25,29)(H,26,27)/t18-/m1/s1. The molecule has 4 rings (SSSR count). The molecule has 2 amide bonds. The summed E-state index contributed by atoms with van der Waals surface area (Å²) >= 11 is 0. The molecule has 0 unspecified atom stereocenters. The Labute approximate surface area is 170 Å². The lowest BCUT2D eigenvalue weighted by Crippen LogP contribution is -2.45. The number of likely N-dealkylation sites (tertiary alicyclic amines) is 1. The molecule has 3 aromatic rings. The maximum Gasteiger partial charge on any atom is 0.317 e. The van der Waals surface area contributed by atoms with Gasteiger partial charge in [0, 0.05) is 43.0 Å². The van der Waals surface area contributed by atoms with Crippen molar-refractivity contribution in [2.75, 3.05) is 25.4 Å². The second-order valence-corrected chi connectivity index (χ2v) is 7.42. The molecule has 2 aromatic heterocycles. The van der Waals surface area contributed by atoms with E-state index in [0.717, 1.165) is 42.6 Å². The molecule has 1 saturated heterocycles. The van der Waals surface area contributed by atoms with E-state index in [1.54, 1.807) is 6.20 Å². The number of anilines is 1. The number of aromatic amines is 1. The summed E-state index contributed by atoms with van der Waals surface area (Å²) in [6, 6.07) is 14.0. The number of benzene rings is 1. The number of rotatable bonds is 5. The van der Waals surface area contributed by atoms with E-state index in [1.807, 2.05) is 41.4 Å². The summed E-state index contributed by atoms with van der Waals surface area (Å²) in [4.78, 5) is 18.6. The van der Waals surface area contributed by atoms with E-state index in [-0.39, 0.29) is 11.9 Å². The molecule has 7 nitrogen and oxygen atoms in total. The van der Waals surface area contributed by atoms with Crippen molar-refractivity contribution in [2.24, 2.45) is 0 Å². The van der Waals surface area contributed by atoms with E-state index in [0.29, 0.717) is 18.9 Å². The van der Waals surface area contributed by atoms with Crippen LogP contribution in [0.3, 0.4) is 0 Å². The Morgan fingerprint density at radius 1 is 1.28 bits per heavy atom. The minimum absolute atomic E-state index is 0.000137. The van der Waals surface area contributed by atoms with Crippen LogP contribution in [0.5, 0.6) is 0 Å². The quantitative estimate of drug-likeness (QED) is 0.623. The summed E-state index contributed by atoms with van der Waals surface area (Å²) < 4.78 is 0. The number of amides is 2. The molecule has 29 heavy (non-hydrogen) atoms. The van der Waals surface area contributed by atoms with Gasteiger partial charge >= 0.3 is 6.03 Å². The zero-order valence-corrected chi connectivity index (χ0v) is 16.3. The van der Waals surface area contributed by atoms with Crippen molar-refractivity contribution >= 4 is 11.8 Å². The molecule has 1 aliphatic heterocycles. The third kappa shape index (κ3) is 4.56. The molecule has 1 fully saturated rings. The number of nitrogens with zero attached hydrogens (tertiary/aromatic N) is 3. The SMILES string of the molecule is Nc1cc(-c2cn[nH]c2[C@@H]2CCCN(C(=O)NCCc3ccccc3)C2)ccn1. The molecule has 7 heteroatoms. The Bertz CT molecular complexity index is 955. The first kappa shape index (κ1) is 19.0. The first-order valence-corrected chi connectivity index (χ1v) is 10.0. The molecule has 3 heterocycles. The molecule has 1 aliphatic rings. The van der Waals surface area contributed by atoms with Crippen molar-refractivity contribution in [3.63, 3.8) is 0 Å². The van der Waals surface area contributed by atoms with Gasteiger partial charge in [-0.15, -0.1) is 0 Å². The van der Waals surface area contributed by atoms with Crippen LogP contribution in [0.1, 0.15) is 30.0 Å². The number of carbonyl (C=O) groups is 1. The van der Waals surface area contributed by atoms with Crippen LogP contribution >= 0.6 is 0 Å². The van der Waals surface area contributed by atoms with Crippen molar-refractivity contribution in [3.05, 3.63) is 66.1 Å². The fourth-order valence-electron chi connectivity index (χ4n) is 3.92. The van der Waals surface area contributed by atoms with Gasteiger partial charge in [0.15, 0.2) is 0 Å².